The summed E-state index contributed by atoms with van der Waals surface area (Å²) in [6.45, 7) is 0. The summed E-state index contributed by atoms with van der Waals surface area (Å²) in [5.74, 6) is 0. The van der Waals surface area contributed by atoms with E-state index in [2.05, 4.69) is 158 Å². The SMILES string of the molecule is c1ccc(-c2ccc(-c3ccccc3)c3c2-c2ccc4c5c(ccc-3c25)-c2c-4c(-c3ccccn3)c3cc4ccccc4cc3c2-c2ccccn2)cc1. The van der Waals surface area contributed by atoms with Crippen LogP contribution in [0.3, 0.4) is 0 Å². The fourth-order valence-electron chi connectivity index (χ4n) is 9.47. The summed E-state index contributed by atoms with van der Waals surface area (Å²) in [6.07, 6.45) is 3.84. The van der Waals surface area contributed by atoms with Crippen molar-refractivity contribution >= 4 is 32.3 Å². The van der Waals surface area contributed by atoms with Crippen LogP contribution in [0.1, 0.15) is 0 Å². The van der Waals surface area contributed by atoms with E-state index in [9.17, 15) is 0 Å². The lowest BCUT2D eigenvalue weighted by atomic mass is 9.83. The van der Waals surface area contributed by atoms with Crippen molar-refractivity contribution in [2.45, 2.75) is 0 Å². The minimum atomic E-state index is 0.975. The van der Waals surface area contributed by atoms with Crippen LogP contribution in [-0.4, -0.2) is 9.97 Å². The Morgan fingerprint density at radius 2 is 0.648 bits per heavy atom. The summed E-state index contributed by atoms with van der Waals surface area (Å²) in [7, 11) is 0. The Hall–Kier alpha value is -7.16. The number of aromatic nitrogens is 2. The predicted molar refractivity (Wildman–Crippen MR) is 225 cm³/mol. The number of pyridine rings is 2. The lowest BCUT2D eigenvalue weighted by Crippen LogP contribution is -1.96. The van der Waals surface area contributed by atoms with Crippen LogP contribution in [0.5, 0.6) is 0 Å². The van der Waals surface area contributed by atoms with Crippen LogP contribution in [0.4, 0.5) is 0 Å². The molecule has 0 unspecified atom stereocenters. The lowest BCUT2D eigenvalue weighted by molar-refractivity contribution is 1.33. The van der Waals surface area contributed by atoms with E-state index in [4.69, 9.17) is 9.97 Å². The molecule has 2 aliphatic rings. The van der Waals surface area contributed by atoms with Gasteiger partial charge in [-0.3, -0.25) is 9.97 Å². The van der Waals surface area contributed by atoms with Gasteiger partial charge in [0.15, 0.2) is 0 Å². The van der Waals surface area contributed by atoms with E-state index >= 15 is 0 Å². The molecular weight excluding hydrogens is 653 g/mol. The van der Waals surface area contributed by atoms with Crippen molar-refractivity contribution in [2.75, 3.05) is 0 Å². The molecule has 248 valence electrons. The van der Waals surface area contributed by atoms with E-state index in [0.717, 1.165) is 11.4 Å². The Bertz CT molecular complexity index is 2960. The molecule has 2 aliphatic carbocycles. The molecular formula is C52H30N2. The van der Waals surface area contributed by atoms with Crippen LogP contribution in [0.15, 0.2) is 182 Å². The summed E-state index contributed by atoms with van der Waals surface area (Å²) in [4.78, 5) is 10.1. The van der Waals surface area contributed by atoms with Crippen LogP contribution >= 0.6 is 0 Å². The predicted octanol–water partition coefficient (Wildman–Crippen LogP) is 13.9. The topological polar surface area (TPSA) is 25.8 Å². The van der Waals surface area contributed by atoms with Crippen molar-refractivity contribution in [1.82, 2.24) is 9.97 Å². The van der Waals surface area contributed by atoms with Gasteiger partial charge in [0.2, 0.25) is 0 Å². The highest BCUT2D eigenvalue weighted by atomic mass is 14.7. The van der Waals surface area contributed by atoms with Crippen molar-refractivity contribution < 1.29 is 0 Å². The average Bonchev–Trinajstić information content (AvgIpc) is 3.76. The number of rotatable bonds is 4. The third-order valence-corrected chi connectivity index (χ3v) is 11.6. The number of fused-ring (bicyclic) bond motifs is 8. The van der Waals surface area contributed by atoms with Gasteiger partial charge in [0.25, 0.3) is 0 Å². The normalized spacial score (nSPS) is 12.1. The van der Waals surface area contributed by atoms with Crippen LogP contribution in [0, 0.1) is 0 Å². The fraction of sp³-hybridized carbons (Fsp3) is 0. The van der Waals surface area contributed by atoms with E-state index in [-0.39, 0.29) is 0 Å². The van der Waals surface area contributed by atoms with E-state index in [1.165, 1.54) is 110 Å². The highest BCUT2D eigenvalue weighted by Gasteiger charge is 2.36. The summed E-state index contributed by atoms with van der Waals surface area (Å²) >= 11 is 0. The molecule has 8 aromatic carbocycles. The summed E-state index contributed by atoms with van der Waals surface area (Å²) in [6, 6.07) is 61.9. The first-order valence-electron chi connectivity index (χ1n) is 18.6. The third kappa shape index (κ3) is 4.00. The van der Waals surface area contributed by atoms with Crippen LogP contribution in [-0.2, 0) is 0 Å². The molecule has 2 heteroatoms. The van der Waals surface area contributed by atoms with Gasteiger partial charge < -0.3 is 0 Å². The monoisotopic (exact) mass is 682 g/mol. The highest BCUT2D eigenvalue weighted by Crippen LogP contribution is 2.63. The standard InChI is InChI=1S/C52H30N2/c1-3-13-31(14-4-1)35-21-22-36(32-15-5-2-6-16-32)46-38-24-26-40-48-39(25-23-37(45(35)46)47(38)48)51-49(43-19-9-11-27-53-43)41-29-33-17-7-8-18-34(33)30-42(41)50(52(40)51)44-20-10-12-28-54-44/h1-30H. The molecule has 0 spiro atoms. The van der Waals surface area contributed by atoms with Crippen molar-refractivity contribution in [3.05, 3.63) is 182 Å². The Morgan fingerprint density at radius 3 is 1.06 bits per heavy atom. The molecule has 2 aromatic heterocycles. The summed E-state index contributed by atoms with van der Waals surface area (Å²) in [5.41, 5.74) is 19.4. The van der Waals surface area contributed by atoms with E-state index in [1.807, 2.05) is 24.5 Å². The van der Waals surface area contributed by atoms with E-state index in [1.54, 1.807) is 0 Å². The Kier molecular flexibility index (Phi) is 6.09. The second-order valence-electron chi connectivity index (χ2n) is 14.4. The molecule has 2 nitrogen and oxygen atoms in total. The molecule has 0 atom stereocenters. The number of hydrogen-bond donors (Lipinski definition) is 0. The quantitative estimate of drug-likeness (QED) is 0.173. The zero-order valence-corrected chi connectivity index (χ0v) is 29.2. The molecule has 0 amide bonds. The van der Waals surface area contributed by atoms with Gasteiger partial charge in [0.05, 0.1) is 11.4 Å². The number of nitrogens with zero attached hydrogens (tertiary/aromatic N) is 2. The first kappa shape index (κ1) is 29.4. The van der Waals surface area contributed by atoms with E-state index in [0.29, 0.717) is 0 Å². The molecule has 0 fully saturated rings. The molecule has 0 radical (unpaired) electrons. The molecule has 0 bridgehead atoms. The summed E-state index contributed by atoms with van der Waals surface area (Å²) in [5, 5.41) is 7.43. The molecule has 0 N–H and O–H groups in total. The molecule has 0 saturated heterocycles. The first-order valence-corrected chi connectivity index (χ1v) is 18.6. The number of hydrogen-bond acceptors (Lipinski definition) is 2. The molecule has 2 heterocycles. The smallest absolute Gasteiger partial charge is 0.0714 e. The van der Waals surface area contributed by atoms with Crippen LogP contribution in [0.2, 0.25) is 0 Å². The van der Waals surface area contributed by atoms with Gasteiger partial charge in [0.1, 0.15) is 0 Å². The van der Waals surface area contributed by atoms with Gasteiger partial charge in [0, 0.05) is 34.6 Å². The van der Waals surface area contributed by atoms with Gasteiger partial charge in [-0.2, -0.15) is 0 Å². The molecule has 0 saturated carbocycles. The average molecular weight is 683 g/mol. The van der Waals surface area contributed by atoms with Gasteiger partial charge in [-0.25, -0.2) is 0 Å². The van der Waals surface area contributed by atoms with Gasteiger partial charge in [-0.1, -0.05) is 133 Å². The largest absolute Gasteiger partial charge is 0.256 e. The molecule has 0 aliphatic heterocycles. The van der Waals surface area contributed by atoms with E-state index < -0.39 is 0 Å². The zero-order chi connectivity index (χ0) is 35.3. The van der Waals surface area contributed by atoms with Gasteiger partial charge in [-0.05, 0) is 124 Å². The minimum Gasteiger partial charge on any atom is -0.256 e. The Morgan fingerprint density at radius 1 is 0.278 bits per heavy atom. The maximum absolute atomic E-state index is 5.04. The van der Waals surface area contributed by atoms with Gasteiger partial charge in [-0.15, -0.1) is 0 Å². The van der Waals surface area contributed by atoms with Crippen molar-refractivity contribution in [3.8, 4) is 89.3 Å². The van der Waals surface area contributed by atoms with Crippen molar-refractivity contribution in [2.24, 2.45) is 0 Å². The van der Waals surface area contributed by atoms with Crippen LogP contribution < -0.4 is 0 Å². The maximum Gasteiger partial charge on any atom is 0.0714 e. The lowest BCUT2D eigenvalue weighted by Gasteiger charge is -2.20. The zero-order valence-electron chi connectivity index (χ0n) is 29.2. The van der Waals surface area contributed by atoms with Crippen LogP contribution in [0.25, 0.3) is 122 Å². The Balaban J connectivity index is 1.26. The fourth-order valence-corrected chi connectivity index (χ4v) is 9.47. The third-order valence-electron chi connectivity index (χ3n) is 11.6. The first-order chi connectivity index (χ1) is 26.8. The number of benzene rings is 8. The highest BCUT2D eigenvalue weighted by molar-refractivity contribution is 6.33. The van der Waals surface area contributed by atoms with Crippen molar-refractivity contribution in [3.63, 3.8) is 0 Å². The molecule has 10 aromatic rings. The minimum absolute atomic E-state index is 0.975. The molecule has 12 rings (SSSR count). The van der Waals surface area contributed by atoms with Crippen molar-refractivity contribution in [1.29, 1.82) is 0 Å². The van der Waals surface area contributed by atoms with Gasteiger partial charge >= 0.3 is 0 Å². The second kappa shape index (κ2) is 11.2. The Labute approximate surface area is 312 Å². The summed E-state index contributed by atoms with van der Waals surface area (Å²) < 4.78 is 0. The second-order valence-corrected chi connectivity index (χ2v) is 14.4. The molecule has 54 heavy (non-hydrogen) atoms. The maximum atomic E-state index is 5.04.